The quantitative estimate of drug-likeness (QED) is 0.0284. The number of halogens is 4. The van der Waals surface area contributed by atoms with Gasteiger partial charge in [-0.1, -0.05) is 46.4 Å². The third kappa shape index (κ3) is 19.1. The molecular weight excluding hydrogens is 1210 g/mol. The summed E-state index contributed by atoms with van der Waals surface area (Å²) in [6.07, 6.45) is 2.27. The van der Waals surface area contributed by atoms with Crippen molar-refractivity contribution in [1.82, 2.24) is 40.5 Å². The average Bonchev–Trinajstić information content (AvgIpc) is 3.45. The third-order valence-corrected chi connectivity index (χ3v) is 18.8. The molecular formula is C56H74Cl4N8O14S2. The van der Waals surface area contributed by atoms with Crippen LogP contribution >= 0.6 is 46.4 Å². The number of ether oxygens (including phenoxy) is 6. The van der Waals surface area contributed by atoms with Crippen molar-refractivity contribution in [2.75, 3.05) is 118 Å². The maximum atomic E-state index is 13.0. The zero-order chi connectivity index (χ0) is 59.6. The van der Waals surface area contributed by atoms with Crippen LogP contribution in [0.15, 0.2) is 82.6 Å². The van der Waals surface area contributed by atoms with Crippen LogP contribution in [0.25, 0.3) is 0 Å². The van der Waals surface area contributed by atoms with Gasteiger partial charge < -0.3 is 59.9 Å². The maximum Gasteiger partial charge on any atom is 0.314 e. The highest BCUT2D eigenvalue weighted by atomic mass is 35.5. The molecule has 6 atom stereocenters. The van der Waals surface area contributed by atoms with E-state index in [4.69, 9.17) is 74.8 Å². The van der Waals surface area contributed by atoms with Gasteiger partial charge in [-0.25, -0.2) is 35.9 Å². The number of fused-ring (bicyclic) bond motifs is 2. The molecule has 2 heterocycles. The second-order valence-corrected chi connectivity index (χ2v) is 25.9. The predicted octanol–water partition coefficient (Wildman–Crippen LogP) is 5.22. The molecule has 0 bridgehead atoms. The van der Waals surface area contributed by atoms with Crippen LogP contribution < -0.4 is 40.2 Å². The Morgan fingerprint density at radius 1 is 0.500 bits per heavy atom. The minimum atomic E-state index is -3.82. The Bertz CT molecular complexity index is 2830. The molecule has 4 amide bonds. The van der Waals surface area contributed by atoms with E-state index >= 15 is 0 Å². The van der Waals surface area contributed by atoms with E-state index in [1.165, 1.54) is 24.3 Å². The molecule has 8 N–H and O–H groups in total. The molecule has 2 aliphatic carbocycles. The van der Waals surface area contributed by atoms with Crippen LogP contribution in [0.1, 0.15) is 60.1 Å². The summed E-state index contributed by atoms with van der Waals surface area (Å²) >= 11 is 25.9. The second kappa shape index (κ2) is 32.1. The molecule has 0 spiro atoms. The molecule has 84 heavy (non-hydrogen) atoms. The first-order valence-corrected chi connectivity index (χ1v) is 32.6. The fourth-order valence-electron chi connectivity index (χ4n) is 10.5. The highest BCUT2D eigenvalue weighted by molar-refractivity contribution is 7.89. The van der Waals surface area contributed by atoms with E-state index in [-0.39, 0.29) is 113 Å². The van der Waals surface area contributed by atoms with Gasteiger partial charge in [0.1, 0.15) is 23.7 Å². The first-order chi connectivity index (χ1) is 40.4. The lowest BCUT2D eigenvalue weighted by molar-refractivity contribution is 0.0516. The van der Waals surface area contributed by atoms with Crippen molar-refractivity contribution >= 4 is 78.5 Å². The van der Waals surface area contributed by atoms with E-state index < -0.39 is 44.5 Å². The molecule has 0 saturated carbocycles. The van der Waals surface area contributed by atoms with Crippen molar-refractivity contribution in [2.45, 2.75) is 84.8 Å². The Balaban J connectivity index is 0.576. The molecule has 4 aromatic carbocycles. The number of β-amino-alcohol motifs (C(OH)–C–C–N with tert-alkyl or cyclic N) is 2. The van der Waals surface area contributed by atoms with Gasteiger partial charge in [0.2, 0.25) is 20.0 Å². The SMILES string of the molecule is O=C(NCCCCNC(=O)NCCOCCOCCNS(=O)(=O)c1ccc(O[C@H]2c3cc(Cl)cc(Cl)c3C[C@@H]2N2CC[C@@H](O)C2)cc1)NCCOCCOCCNS(=O)(=O)c1ccc(O[C@H]2c3cc(Cl)cc(Cl)c3C[C@@H]2N2CC[C@@H](O)C2)cc1. The number of benzene rings is 4. The molecule has 0 unspecified atom stereocenters. The van der Waals surface area contributed by atoms with Crippen LogP contribution in [-0.2, 0) is 51.8 Å². The number of aliphatic hydroxyl groups is 2. The molecule has 462 valence electrons. The monoisotopic (exact) mass is 1290 g/mol. The number of amides is 4. The lowest BCUT2D eigenvalue weighted by atomic mass is 10.1. The smallest absolute Gasteiger partial charge is 0.314 e. The van der Waals surface area contributed by atoms with Gasteiger partial charge in [-0.2, -0.15) is 0 Å². The first kappa shape index (κ1) is 65.7. The number of nitrogens with one attached hydrogen (secondary N) is 6. The topological polar surface area (TPSA) is 277 Å². The number of hydrogen-bond acceptors (Lipinski definition) is 16. The molecule has 28 heteroatoms. The summed E-state index contributed by atoms with van der Waals surface area (Å²) in [4.78, 5) is 28.8. The van der Waals surface area contributed by atoms with Crippen molar-refractivity contribution in [2.24, 2.45) is 0 Å². The zero-order valence-electron chi connectivity index (χ0n) is 46.4. The first-order valence-electron chi connectivity index (χ1n) is 28.1. The molecule has 0 aromatic heterocycles. The highest BCUT2D eigenvalue weighted by Gasteiger charge is 2.43. The average molecular weight is 1290 g/mol. The van der Waals surface area contributed by atoms with E-state index in [0.717, 1.165) is 35.3 Å². The molecule has 2 aliphatic heterocycles. The second-order valence-electron chi connectivity index (χ2n) is 20.7. The minimum Gasteiger partial charge on any atom is -0.484 e. The van der Waals surface area contributed by atoms with Gasteiger partial charge in [-0.05, 0) is 122 Å². The number of sulfonamides is 2. The van der Waals surface area contributed by atoms with E-state index in [9.17, 15) is 36.6 Å². The summed E-state index contributed by atoms with van der Waals surface area (Å²) in [6.45, 7) is 5.64. The van der Waals surface area contributed by atoms with Crippen molar-refractivity contribution in [3.05, 3.63) is 115 Å². The molecule has 8 rings (SSSR count). The summed E-state index contributed by atoms with van der Waals surface area (Å²) < 4.78 is 92.0. The van der Waals surface area contributed by atoms with Crippen LogP contribution in [0.3, 0.4) is 0 Å². The van der Waals surface area contributed by atoms with Crippen LogP contribution in [0.5, 0.6) is 11.5 Å². The summed E-state index contributed by atoms with van der Waals surface area (Å²) in [5.41, 5.74) is 3.66. The number of rotatable bonds is 33. The Kier molecular flexibility index (Phi) is 25.1. The van der Waals surface area contributed by atoms with Gasteiger partial charge in [-0.15, -0.1) is 0 Å². The Morgan fingerprint density at radius 3 is 1.21 bits per heavy atom. The van der Waals surface area contributed by atoms with Crippen molar-refractivity contribution < 1.29 is 65.1 Å². The molecule has 0 radical (unpaired) electrons. The Labute approximate surface area is 510 Å². The molecule has 2 fully saturated rings. The van der Waals surface area contributed by atoms with Crippen molar-refractivity contribution in [3.63, 3.8) is 0 Å². The van der Waals surface area contributed by atoms with Crippen LogP contribution in [0.4, 0.5) is 9.59 Å². The lowest BCUT2D eigenvalue weighted by Gasteiger charge is -2.30. The van der Waals surface area contributed by atoms with Crippen LogP contribution in [-0.4, -0.2) is 192 Å². The number of hydrogen-bond donors (Lipinski definition) is 8. The highest BCUT2D eigenvalue weighted by Crippen LogP contribution is 2.45. The number of carbonyl (C=O) groups is 2. The van der Waals surface area contributed by atoms with Gasteiger partial charge in [0.05, 0.1) is 86.9 Å². The number of likely N-dealkylation sites (tertiary alicyclic amines) is 2. The number of nitrogens with zero attached hydrogens (tertiary/aromatic N) is 2. The summed E-state index contributed by atoms with van der Waals surface area (Å²) in [6, 6.07) is 18.7. The maximum absolute atomic E-state index is 13.0. The summed E-state index contributed by atoms with van der Waals surface area (Å²) in [7, 11) is -7.65. The third-order valence-electron chi connectivity index (χ3n) is 14.7. The van der Waals surface area contributed by atoms with Crippen LogP contribution in [0, 0.1) is 0 Å². The molecule has 4 aliphatic rings. The predicted molar refractivity (Wildman–Crippen MR) is 318 cm³/mol. The van der Waals surface area contributed by atoms with Gasteiger partial charge in [0.25, 0.3) is 0 Å². The minimum absolute atomic E-state index is 0.0448. The Hall–Kier alpha value is -4.32. The number of carbonyl (C=O) groups excluding carboxylic acids is 2. The number of aliphatic hydroxyl groups excluding tert-OH is 2. The van der Waals surface area contributed by atoms with Crippen molar-refractivity contribution in [1.29, 1.82) is 0 Å². The van der Waals surface area contributed by atoms with E-state index in [1.807, 2.05) is 12.1 Å². The lowest BCUT2D eigenvalue weighted by Crippen LogP contribution is -2.39. The summed E-state index contributed by atoms with van der Waals surface area (Å²) in [5.74, 6) is 0.965. The number of urea groups is 2. The van der Waals surface area contributed by atoms with E-state index in [2.05, 4.69) is 40.5 Å². The standard InChI is InChI=1S/C56H74Cl4N8O14S2/c57-37-29-47-45(49(59)31-37)33-51(67-19-11-39(69)35-67)53(47)81-41-3-7-43(8-4-41)83(73,74)65-17-23-79-27-25-77-21-15-63-55(71)61-13-1-2-14-62-56(72)64-16-22-78-26-28-80-24-18-66-84(75,76)44-9-5-42(6-10-44)82-54-48-30-38(58)32-50(60)46(48)34-52(54)68-20-12-40(70)36-68/h3-10,29-32,39-40,51-54,65-66,69-70H,1-2,11-28,33-36H2,(H2,61,63,71)(H2,62,64,72)/t39-,40-,51+,52+,53+,54+/m1/s1. The van der Waals surface area contributed by atoms with Gasteiger partial charge in [-0.3, -0.25) is 9.80 Å². The molecule has 4 aromatic rings. The fourth-order valence-corrected chi connectivity index (χ4v) is 13.7. The van der Waals surface area contributed by atoms with Crippen molar-refractivity contribution in [3.8, 4) is 11.5 Å². The largest absolute Gasteiger partial charge is 0.484 e. The molecule has 2 saturated heterocycles. The Morgan fingerprint density at radius 2 is 0.857 bits per heavy atom. The zero-order valence-corrected chi connectivity index (χ0v) is 51.0. The fraction of sp³-hybridized carbons (Fsp3) is 0.536. The van der Waals surface area contributed by atoms with E-state index in [1.54, 1.807) is 36.4 Å². The molecule has 22 nitrogen and oxygen atoms in total. The normalized spacial score (nSPS) is 20.6. The van der Waals surface area contributed by atoms with Crippen LogP contribution in [0.2, 0.25) is 20.1 Å². The van der Waals surface area contributed by atoms with Gasteiger partial charge in [0.15, 0.2) is 0 Å². The number of unbranched alkanes of at least 4 members (excludes halogenated alkanes) is 1. The van der Waals surface area contributed by atoms with E-state index in [0.29, 0.717) is 96.3 Å². The van der Waals surface area contributed by atoms with Gasteiger partial charge in [0, 0.05) is 96.7 Å². The summed E-state index contributed by atoms with van der Waals surface area (Å²) in [5, 5.41) is 33.4. The van der Waals surface area contributed by atoms with Gasteiger partial charge >= 0.3 is 12.1 Å².